The zero-order chi connectivity index (χ0) is 19.8. The smallest absolute Gasteiger partial charge is 0.165 e. The second kappa shape index (κ2) is 7.76. The number of rotatable bonds is 6. The molecule has 1 heterocycles. The van der Waals surface area contributed by atoms with Gasteiger partial charge in [-0.25, -0.2) is 0 Å². The summed E-state index contributed by atoms with van der Waals surface area (Å²) in [5, 5.41) is 2.58. The lowest BCUT2D eigenvalue weighted by molar-refractivity contribution is 0.0967. The van der Waals surface area contributed by atoms with Crippen molar-refractivity contribution < 1.29 is 4.79 Å². The third kappa shape index (κ3) is 4.00. The summed E-state index contributed by atoms with van der Waals surface area (Å²) < 4.78 is 0. The molecule has 0 spiro atoms. The Hall–Kier alpha value is -2.45. The van der Waals surface area contributed by atoms with Crippen molar-refractivity contribution in [2.45, 2.75) is 45.1 Å². The van der Waals surface area contributed by atoms with Gasteiger partial charge < -0.3 is 4.90 Å². The van der Waals surface area contributed by atoms with Crippen molar-refractivity contribution in [3.63, 3.8) is 0 Å². The van der Waals surface area contributed by atoms with Gasteiger partial charge in [0.25, 0.3) is 0 Å². The molecule has 1 aliphatic heterocycles. The molecule has 3 aromatic rings. The third-order valence-corrected chi connectivity index (χ3v) is 6.73. The lowest BCUT2D eigenvalue weighted by Gasteiger charge is -2.20. The van der Waals surface area contributed by atoms with Crippen LogP contribution in [0.5, 0.6) is 0 Å². The van der Waals surface area contributed by atoms with E-state index in [9.17, 15) is 4.79 Å². The Labute approximate surface area is 173 Å². The number of benzene rings is 3. The molecule has 1 saturated heterocycles. The summed E-state index contributed by atoms with van der Waals surface area (Å²) in [6.45, 7) is 4.77. The number of likely N-dealkylation sites (tertiary alicyclic amines) is 1. The first kappa shape index (κ1) is 18.6. The van der Waals surface area contributed by atoms with Crippen molar-refractivity contribution in [3.05, 3.63) is 71.8 Å². The zero-order valence-electron chi connectivity index (χ0n) is 17.2. The van der Waals surface area contributed by atoms with Crippen molar-refractivity contribution in [2.24, 2.45) is 5.92 Å². The van der Waals surface area contributed by atoms with Gasteiger partial charge in [-0.3, -0.25) is 4.79 Å². The van der Waals surface area contributed by atoms with Crippen LogP contribution in [0.15, 0.2) is 60.7 Å². The Balaban J connectivity index is 1.31. The summed E-state index contributed by atoms with van der Waals surface area (Å²) in [4.78, 5) is 14.8. The Kier molecular flexibility index (Phi) is 4.97. The van der Waals surface area contributed by atoms with Gasteiger partial charge >= 0.3 is 0 Å². The SMILES string of the molecule is C[C@@H]1CCCN1CCc1ccc2cc(-c3ccc(C(=O)C4CC4)cc3)ccc2c1. The van der Waals surface area contributed by atoms with E-state index in [-0.39, 0.29) is 5.92 Å². The third-order valence-electron chi connectivity index (χ3n) is 6.73. The number of ketones is 1. The first-order chi connectivity index (χ1) is 14.2. The Morgan fingerprint density at radius 1 is 0.897 bits per heavy atom. The summed E-state index contributed by atoms with van der Waals surface area (Å²) in [5.74, 6) is 0.593. The van der Waals surface area contributed by atoms with Crippen molar-refractivity contribution in [1.29, 1.82) is 0 Å². The quantitative estimate of drug-likeness (QED) is 0.478. The van der Waals surface area contributed by atoms with E-state index in [0.29, 0.717) is 5.78 Å². The van der Waals surface area contributed by atoms with E-state index in [1.54, 1.807) is 0 Å². The molecule has 1 saturated carbocycles. The van der Waals surface area contributed by atoms with E-state index in [1.165, 1.54) is 46.8 Å². The van der Waals surface area contributed by atoms with E-state index in [2.05, 4.69) is 60.4 Å². The van der Waals surface area contributed by atoms with Crippen LogP contribution in [0.4, 0.5) is 0 Å². The van der Waals surface area contributed by atoms with Gasteiger partial charge in [-0.1, -0.05) is 54.6 Å². The maximum absolute atomic E-state index is 12.2. The van der Waals surface area contributed by atoms with E-state index in [1.807, 2.05) is 12.1 Å². The first-order valence-corrected chi connectivity index (χ1v) is 11.1. The number of hydrogen-bond donors (Lipinski definition) is 0. The van der Waals surface area contributed by atoms with Crippen LogP contribution in [-0.2, 0) is 6.42 Å². The number of carbonyl (C=O) groups is 1. The second-order valence-electron chi connectivity index (χ2n) is 8.89. The molecule has 0 bridgehead atoms. The molecule has 0 aromatic heterocycles. The summed E-state index contributed by atoms with van der Waals surface area (Å²) in [6.07, 6.45) is 5.93. The van der Waals surface area contributed by atoms with Crippen LogP contribution in [0.25, 0.3) is 21.9 Å². The summed E-state index contributed by atoms with van der Waals surface area (Å²) in [6, 6.07) is 22.5. The van der Waals surface area contributed by atoms with E-state index in [0.717, 1.165) is 37.4 Å². The van der Waals surface area contributed by atoms with Gasteiger partial charge in [-0.05, 0) is 79.1 Å². The Bertz CT molecular complexity index is 1030. The van der Waals surface area contributed by atoms with Crippen LogP contribution in [0.2, 0.25) is 0 Å². The second-order valence-corrected chi connectivity index (χ2v) is 8.89. The molecule has 29 heavy (non-hydrogen) atoms. The molecule has 0 radical (unpaired) electrons. The molecular formula is C27H29NO. The van der Waals surface area contributed by atoms with Crippen molar-refractivity contribution in [3.8, 4) is 11.1 Å². The van der Waals surface area contributed by atoms with Gasteiger partial charge in [0.2, 0.25) is 0 Å². The minimum Gasteiger partial charge on any atom is -0.300 e. The van der Waals surface area contributed by atoms with E-state index in [4.69, 9.17) is 0 Å². The number of carbonyl (C=O) groups excluding carboxylic acids is 1. The molecule has 0 N–H and O–H groups in total. The summed E-state index contributed by atoms with van der Waals surface area (Å²) in [7, 11) is 0. The maximum atomic E-state index is 12.2. The Morgan fingerprint density at radius 2 is 1.62 bits per heavy atom. The predicted octanol–water partition coefficient (Wildman–Crippen LogP) is 6.13. The Morgan fingerprint density at radius 3 is 2.34 bits per heavy atom. The average Bonchev–Trinajstić information content (AvgIpc) is 3.53. The average molecular weight is 384 g/mol. The number of nitrogens with zero attached hydrogens (tertiary/aromatic N) is 1. The van der Waals surface area contributed by atoms with Crippen molar-refractivity contribution in [2.75, 3.05) is 13.1 Å². The largest absolute Gasteiger partial charge is 0.300 e. The van der Waals surface area contributed by atoms with Crippen LogP contribution in [0.3, 0.4) is 0 Å². The monoisotopic (exact) mass is 383 g/mol. The lowest BCUT2D eigenvalue weighted by Crippen LogP contribution is -2.28. The molecule has 3 aromatic carbocycles. The molecule has 148 valence electrons. The minimum atomic E-state index is 0.282. The molecule has 1 atom stereocenters. The molecule has 2 heteroatoms. The standard InChI is InChI=1S/C27H29NO/c1-19-3-2-15-28(19)16-14-20-4-5-26-18-25(13-12-24(26)17-20)21-6-8-22(9-7-21)27(29)23-10-11-23/h4-9,12-13,17-19,23H,2-3,10-11,14-16H2,1H3/t19-/m1/s1. The molecule has 2 nitrogen and oxygen atoms in total. The molecule has 0 unspecified atom stereocenters. The van der Waals surface area contributed by atoms with Gasteiger partial charge in [-0.2, -0.15) is 0 Å². The summed E-state index contributed by atoms with van der Waals surface area (Å²) in [5.41, 5.74) is 4.66. The van der Waals surface area contributed by atoms with Crippen LogP contribution in [-0.4, -0.2) is 29.8 Å². The zero-order valence-corrected chi connectivity index (χ0v) is 17.2. The number of hydrogen-bond acceptors (Lipinski definition) is 2. The first-order valence-electron chi connectivity index (χ1n) is 11.1. The summed E-state index contributed by atoms with van der Waals surface area (Å²) >= 11 is 0. The van der Waals surface area contributed by atoms with Crippen LogP contribution in [0, 0.1) is 5.92 Å². The van der Waals surface area contributed by atoms with Crippen LogP contribution in [0.1, 0.15) is 48.5 Å². The van der Waals surface area contributed by atoms with Crippen molar-refractivity contribution >= 4 is 16.6 Å². The van der Waals surface area contributed by atoms with Gasteiger partial charge in [0, 0.05) is 24.1 Å². The van der Waals surface area contributed by atoms with Crippen molar-refractivity contribution in [1.82, 2.24) is 4.90 Å². The molecule has 0 amide bonds. The van der Waals surface area contributed by atoms with Crippen LogP contribution >= 0.6 is 0 Å². The van der Waals surface area contributed by atoms with Crippen LogP contribution < -0.4 is 0 Å². The van der Waals surface area contributed by atoms with Gasteiger partial charge in [0.05, 0.1) is 0 Å². The number of fused-ring (bicyclic) bond motifs is 1. The maximum Gasteiger partial charge on any atom is 0.165 e. The van der Waals surface area contributed by atoms with E-state index >= 15 is 0 Å². The molecule has 1 aliphatic carbocycles. The van der Waals surface area contributed by atoms with Gasteiger partial charge in [0.1, 0.15) is 0 Å². The fraction of sp³-hybridized carbons (Fsp3) is 0.370. The fourth-order valence-electron chi connectivity index (χ4n) is 4.64. The highest BCUT2D eigenvalue weighted by Crippen LogP contribution is 2.33. The highest BCUT2D eigenvalue weighted by Gasteiger charge is 2.30. The molecule has 2 aliphatic rings. The topological polar surface area (TPSA) is 20.3 Å². The normalized spacial score (nSPS) is 19.7. The predicted molar refractivity (Wildman–Crippen MR) is 120 cm³/mol. The molecular weight excluding hydrogens is 354 g/mol. The highest BCUT2D eigenvalue weighted by atomic mass is 16.1. The van der Waals surface area contributed by atoms with Gasteiger partial charge in [0.15, 0.2) is 5.78 Å². The molecule has 5 rings (SSSR count). The lowest BCUT2D eigenvalue weighted by atomic mass is 9.97. The fourth-order valence-corrected chi connectivity index (χ4v) is 4.64. The number of Topliss-reactive ketones (excluding diaryl/α,β-unsaturated/α-hetero) is 1. The van der Waals surface area contributed by atoms with Gasteiger partial charge in [-0.15, -0.1) is 0 Å². The molecule has 2 fully saturated rings. The minimum absolute atomic E-state index is 0.282. The van der Waals surface area contributed by atoms with E-state index < -0.39 is 0 Å². The highest BCUT2D eigenvalue weighted by molar-refractivity contribution is 5.99.